The average Bonchev–Trinajstić information content (AvgIpc) is 3.54. The first-order valence-electron chi connectivity index (χ1n) is 10.9. The Bertz CT molecular complexity index is 1440. The molecule has 8 heteroatoms. The van der Waals surface area contributed by atoms with Gasteiger partial charge in [0.25, 0.3) is 5.91 Å². The minimum Gasteiger partial charge on any atom is -0.394 e. The van der Waals surface area contributed by atoms with Gasteiger partial charge in [0.2, 0.25) is 5.95 Å². The lowest BCUT2D eigenvalue weighted by Gasteiger charge is -2.16. The van der Waals surface area contributed by atoms with Gasteiger partial charge in [0.1, 0.15) is 5.82 Å². The molecular formula is C26H24N6O2. The van der Waals surface area contributed by atoms with E-state index in [1.807, 2.05) is 67.7 Å². The van der Waals surface area contributed by atoms with Crippen molar-refractivity contribution < 1.29 is 9.90 Å². The summed E-state index contributed by atoms with van der Waals surface area (Å²) in [6.07, 6.45) is 7.16. The number of carbonyl (C=O) groups excluding carboxylic acids is 1. The number of benzene rings is 2. The molecule has 0 saturated heterocycles. The SMILES string of the molecule is Cc1cnc(Nc2ccc3[nH]ccc3c2)nc1-n1ccc(C(=O)NC(CO)c2ccccc2)c1. The quantitative estimate of drug-likeness (QED) is 0.295. The highest BCUT2D eigenvalue weighted by Crippen LogP contribution is 2.22. The van der Waals surface area contributed by atoms with Gasteiger partial charge in [-0.2, -0.15) is 4.98 Å². The van der Waals surface area contributed by atoms with Gasteiger partial charge in [-0.3, -0.25) is 4.79 Å². The summed E-state index contributed by atoms with van der Waals surface area (Å²) < 4.78 is 1.79. The number of aliphatic hydroxyl groups excluding tert-OH is 1. The van der Waals surface area contributed by atoms with Crippen LogP contribution >= 0.6 is 0 Å². The van der Waals surface area contributed by atoms with Crippen LogP contribution in [0.15, 0.2) is 85.5 Å². The zero-order valence-electron chi connectivity index (χ0n) is 18.6. The van der Waals surface area contributed by atoms with E-state index in [-0.39, 0.29) is 12.5 Å². The maximum Gasteiger partial charge on any atom is 0.253 e. The van der Waals surface area contributed by atoms with E-state index < -0.39 is 6.04 Å². The molecule has 0 aliphatic carbocycles. The Morgan fingerprint density at radius 1 is 1.15 bits per heavy atom. The molecule has 1 amide bonds. The molecular weight excluding hydrogens is 428 g/mol. The second-order valence-corrected chi connectivity index (χ2v) is 8.03. The summed E-state index contributed by atoms with van der Waals surface area (Å²) in [7, 11) is 0. The summed E-state index contributed by atoms with van der Waals surface area (Å²) in [4.78, 5) is 25.1. The minimum atomic E-state index is -0.481. The Hall–Kier alpha value is -4.43. The number of rotatable bonds is 7. The molecule has 0 aliphatic heterocycles. The zero-order valence-corrected chi connectivity index (χ0v) is 18.6. The summed E-state index contributed by atoms with van der Waals surface area (Å²) in [5.74, 6) is 0.854. The molecule has 34 heavy (non-hydrogen) atoms. The molecule has 1 unspecified atom stereocenters. The van der Waals surface area contributed by atoms with Gasteiger partial charge in [0, 0.05) is 46.9 Å². The summed E-state index contributed by atoms with van der Waals surface area (Å²) >= 11 is 0. The van der Waals surface area contributed by atoms with Crippen molar-refractivity contribution in [1.29, 1.82) is 0 Å². The van der Waals surface area contributed by atoms with Crippen molar-refractivity contribution in [2.75, 3.05) is 11.9 Å². The molecule has 0 radical (unpaired) electrons. The number of fused-ring (bicyclic) bond motifs is 1. The van der Waals surface area contributed by atoms with E-state index in [9.17, 15) is 9.90 Å². The predicted octanol–water partition coefficient (Wildman–Crippen LogP) is 4.26. The Morgan fingerprint density at radius 2 is 2.00 bits per heavy atom. The lowest BCUT2D eigenvalue weighted by molar-refractivity contribution is 0.0916. The molecule has 2 aromatic carbocycles. The van der Waals surface area contributed by atoms with Crippen LogP contribution in [-0.2, 0) is 0 Å². The van der Waals surface area contributed by atoms with E-state index in [0.29, 0.717) is 17.3 Å². The number of nitrogens with one attached hydrogen (secondary N) is 3. The van der Waals surface area contributed by atoms with Crippen LogP contribution in [0.4, 0.5) is 11.6 Å². The van der Waals surface area contributed by atoms with Crippen molar-refractivity contribution in [3.63, 3.8) is 0 Å². The van der Waals surface area contributed by atoms with Gasteiger partial charge in [0.05, 0.1) is 18.2 Å². The monoisotopic (exact) mass is 452 g/mol. The molecule has 1 atom stereocenters. The fourth-order valence-electron chi connectivity index (χ4n) is 3.84. The summed E-state index contributed by atoms with van der Waals surface area (Å²) in [6, 6.07) is 18.6. The van der Waals surface area contributed by atoms with Crippen molar-refractivity contribution in [2.24, 2.45) is 0 Å². The number of anilines is 2. The molecule has 0 aliphatic rings. The van der Waals surface area contributed by atoms with E-state index in [0.717, 1.165) is 27.7 Å². The van der Waals surface area contributed by atoms with Gasteiger partial charge >= 0.3 is 0 Å². The van der Waals surface area contributed by atoms with E-state index in [1.165, 1.54) is 0 Å². The van der Waals surface area contributed by atoms with E-state index >= 15 is 0 Å². The van der Waals surface area contributed by atoms with Crippen LogP contribution in [0, 0.1) is 6.92 Å². The van der Waals surface area contributed by atoms with E-state index in [4.69, 9.17) is 0 Å². The standard InChI is InChI=1S/C26H24N6O2/c1-17-14-28-26(29-21-7-8-22-19(13-21)9-11-27-22)31-24(17)32-12-10-20(15-32)25(34)30-23(16-33)18-5-3-2-4-6-18/h2-15,23,27,33H,16H2,1H3,(H,30,34)(H,28,29,31). The maximum absolute atomic E-state index is 12.8. The Labute approximate surface area is 196 Å². The largest absolute Gasteiger partial charge is 0.394 e. The van der Waals surface area contributed by atoms with Gasteiger partial charge < -0.3 is 25.3 Å². The van der Waals surface area contributed by atoms with Gasteiger partial charge in [0.15, 0.2) is 0 Å². The number of hydrogen-bond acceptors (Lipinski definition) is 5. The Morgan fingerprint density at radius 3 is 2.82 bits per heavy atom. The lowest BCUT2D eigenvalue weighted by Crippen LogP contribution is -2.30. The fourth-order valence-corrected chi connectivity index (χ4v) is 3.84. The molecule has 170 valence electrons. The summed E-state index contributed by atoms with van der Waals surface area (Å²) in [5.41, 5.74) is 4.12. The summed E-state index contributed by atoms with van der Waals surface area (Å²) in [5, 5.41) is 17.0. The first-order valence-corrected chi connectivity index (χ1v) is 10.9. The molecule has 0 bridgehead atoms. The maximum atomic E-state index is 12.8. The third-order valence-corrected chi connectivity index (χ3v) is 5.64. The van der Waals surface area contributed by atoms with E-state index in [2.05, 4.69) is 25.6 Å². The van der Waals surface area contributed by atoms with Crippen LogP contribution < -0.4 is 10.6 Å². The highest BCUT2D eigenvalue weighted by atomic mass is 16.3. The average molecular weight is 453 g/mol. The van der Waals surface area contributed by atoms with Gasteiger partial charge in [-0.05, 0) is 42.8 Å². The molecule has 3 aromatic heterocycles. The number of nitrogens with zero attached hydrogens (tertiary/aromatic N) is 3. The van der Waals surface area contributed by atoms with Crippen LogP contribution in [0.2, 0.25) is 0 Å². The smallest absolute Gasteiger partial charge is 0.253 e. The van der Waals surface area contributed by atoms with Crippen LogP contribution in [0.1, 0.15) is 27.5 Å². The number of aliphatic hydroxyl groups is 1. The predicted molar refractivity (Wildman–Crippen MR) is 131 cm³/mol. The molecule has 5 aromatic rings. The molecule has 0 spiro atoms. The van der Waals surface area contributed by atoms with Crippen molar-refractivity contribution in [1.82, 2.24) is 24.8 Å². The van der Waals surface area contributed by atoms with Crippen LogP contribution in [0.25, 0.3) is 16.7 Å². The van der Waals surface area contributed by atoms with Crippen LogP contribution in [0.5, 0.6) is 0 Å². The second-order valence-electron chi connectivity index (χ2n) is 8.03. The van der Waals surface area contributed by atoms with Crippen molar-refractivity contribution in [3.8, 4) is 5.82 Å². The highest BCUT2D eigenvalue weighted by molar-refractivity contribution is 5.94. The molecule has 0 saturated carbocycles. The Kier molecular flexibility index (Phi) is 5.80. The number of aryl methyl sites for hydroxylation is 1. The third-order valence-electron chi connectivity index (χ3n) is 5.64. The minimum absolute atomic E-state index is 0.189. The number of amides is 1. The Balaban J connectivity index is 1.35. The number of hydrogen-bond donors (Lipinski definition) is 4. The lowest BCUT2D eigenvalue weighted by atomic mass is 10.1. The number of aromatic amines is 1. The molecule has 8 nitrogen and oxygen atoms in total. The number of carbonyl (C=O) groups is 1. The van der Waals surface area contributed by atoms with Crippen LogP contribution in [0.3, 0.4) is 0 Å². The first kappa shape index (κ1) is 21.4. The number of H-pyrrole nitrogens is 1. The second kappa shape index (κ2) is 9.21. The van der Waals surface area contributed by atoms with Crippen LogP contribution in [-0.4, -0.2) is 37.1 Å². The highest BCUT2D eigenvalue weighted by Gasteiger charge is 2.16. The normalized spacial score (nSPS) is 11.9. The van der Waals surface area contributed by atoms with Crippen molar-refractivity contribution >= 4 is 28.4 Å². The molecule has 5 rings (SSSR count). The van der Waals surface area contributed by atoms with Gasteiger partial charge in [-0.15, -0.1) is 0 Å². The summed E-state index contributed by atoms with van der Waals surface area (Å²) in [6.45, 7) is 1.73. The zero-order chi connectivity index (χ0) is 23.5. The van der Waals surface area contributed by atoms with Crippen molar-refractivity contribution in [2.45, 2.75) is 13.0 Å². The molecule has 4 N–H and O–H groups in total. The van der Waals surface area contributed by atoms with Gasteiger partial charge in [-0.25, -0.2) is 4.98 Å². The fraction of sp³-hybridized carbons (Fsp3) is 0.115. The van der Waals surface area contributed by atoms with E-state index in [1.54, 1.807) is 29.2 Å². The molecule has 3 heterocycles. The van der Waals surface area contributed by atoms with Crippen molar-refractivity contribution in [3.05, 3.63) is 102 Å². The first-order chi connectivity index (χ1) is 16.6. The molecule has 0 fully saturated rings. The topological polar surface area (TPSA) is 108 Å². The third kappa shape index (κ3) is 4.39. The van der Waals surface area contributed by atoms with Gasteiger partial charge in [-0.1, -0.05) is 30.3 Å². The number of aromatic nitrogens is 4.